The number of fused-ring (bicyclic) bond motifs is 1. The van der Waals surface area contributed by atoms with Crippen LogP contribution < -0.4 is 0 Å². The van der Waals surface area contributed by atoms with Crippen LogP contribution in [0.1, 0.15) is 55.6 Å². The molecule has 4 rings (SSSR count). The zero-order valence-electron chi connectivity index (χ0n) is 14.5. The Kier molecular flexibility index (Phi) is 3.29. The van der Waals surface area contributed by atoms with E-state index in [0.29, 0.717) is 0 Å². The highest BCUT2D eigenvalue weighted by Crippen LogP contribution is 2.48. The Morgan fingerprint density at radius 2 is 1.79 bits per heavy atom. The predicted molar refractivity (Wildman–Crippen MR) is 94.0 cm³/mol. The predicted octanol–water partition coefficient (Wildman–Crippen LogP) is 3.74. The zero-order valence-corrected chi connectivity index (χ0v) is 14.5. The van der Waals surface area contributed by atoms with Gasteiger partial charge in [0.25, 0.3) is 0 Å². The van der Waals surface area contributed by atoms with Gasteiger partial charge in [0, 0.05) is 11.8 Å². The fraction of sp³-hybridized carbons (Fsp3) is 0.400. The third-order valence-corrected chi connectivity index (χ3v) is 5.33. The Balaban J connectivity index is 1.91. The lowest BCUT2D eigenvalue weighted by molar-refractivity contribution is 0.0796. The van der Waals surface area contributed by atoms with Crippen LogP contribution in [0.2, 0.25) is 0 Å². The van der Waals surface area contributed by atoms with Gasteiger partial charge in [-0.25, -0.2) is 0 Å². The summed E-state index contributed by atoms with van der Waals surface area (Å²) in [6.45, 7) is 5.69. The molecule has 2 heterocycles. The van der Waals surface area contributed by atoms with Crippen LogP contribution in [0.4, 0.5) is 0 Å². The van der Waals surface area contributed by atoms with Crippen molar-refractivity contribution in [3.8, 4) is 0 Å². The summed E-state index contributed by atoms with van der Waals surface area (Å²) < 4.78 is 2.06. The first-order valence-electron chi connectivity index (χ1n) is 8.56. The van der Waals surface area contributed by atoms with Gasteiger partial charge >= 0.3 is 0 Å². The summed E-state index contributed by atoms with van der Waals surface area (Å²) in [5.41, 5.74) is 3.13. The molecule has 0 saturated heterocycles. The van der Waals surface area contributed by atoms with Crippen LogP contribution in [0.5, 0.6) is 0 Å². The fourth-order valence-electron chi connectivity index (χ4n) is 3.76. The van der Waals surface area contributed by atoms with Crippen molar-refractivity contribution in [2.45, 2.75) is 51.0 Å². The number of aliphatic hydroxyl groups is 1. The lowest BCUT2D eigenvalue weighted by atomic mass is 9.63. The van der Waals surface area contributed by atoms with Gasteiger partial charge in [-0.2, -0.15) is 0 Å². The number of nitrogens with zero attached hydrogens (tertiary/aromatic N) is 3. The normalized spacial score (nSPS) is 17.0. The second-order valence-corrected chi connectivity index (χ2v) is 7.50. The summed E-state index contributed by atoms with van der Waals surface area (Å²) in [5.74, 6) is 0.985. The Labute approximate surface area is 142 Å². The summed E-state index contributed by atoms with van der Waals surface area (Å²) in [6.07, 6.45) is 5.38. The largest absolute Gasteiger partial charge is 0.386 e. The van der Waals surface area contributed by atoms with Crippen LogP contribution in [-0.2, 0) is 11.0 Å². The molecule has 0 spiro atoms. The highest BCUT2D eigenvalue weighted by Gasteiger charge is 2.44. The Bertz CT molecular complexity index is 883. The Morgan fingerprint density at radius 1 is 1.08 bits per heavy atom. The molecule has 0 bridgehead atoms. The topological polar surface area (TPSA) is 50.4 Å². The van der Waals surface area contributed by atoms with Crippen LogP contribution in [0.25, 0.3) is 5.65 Å². The van der Waals surface area contributed by atoms with Gasteiger partial charge in [-0.15, -0.1) is 10.2 Å². The van der Waals surface area contributed by atoms with Crippen LogP contribution in [0, 0.1) is 6.92 Å². The molecule has 0 amide bonds. The maximum Gasteiger partial charge on any atom is 0.166 e. The highest BCUT2D eigenvalue weighted by atomic mass is 16.3. The molecule has 4 nitrogen and oxygen atoms in total. The van der Waals surface area contributed by atoms with Gasteiger partial charge in [0.15, 0.2) is 5.65 Å². The van der Waals surface area contributed by atoms with Gasteiger partial charge in [-0.3, -0.25) is 4.40 Å². The second kappa shape index (κ2) is 5.15. The van der Waals surface area contributed by atoms with E-state index >= 15 is 0 Å². The van der Waals surface area contributed by atoms with E-state index < -0.39 is 5.60 Å². The van der Waals surface area contributed by atoms with Crippen molar-refractivity contribution < 1.29 is 5.11 Å². The van der Waals surface area contributed by atoms with E-state index in [1.807, 2.05) is 18.3 Å². The number of rotatable bonds is 3. The molecule has 3 aromatic rings. The minimum atomic E-state index is -0.941. The Morgan fingerprint density at radius 3 is 2.38 bits per heavy atom. The summed E-state index contributed by atoms with van der Waals surface area (Å²) in [7, 11) is 0. The van der Waals surface area contributed by atoms with Crippen molar-refractivity contribution in [3.05, 3.63) is 65.1 Å². The first-order valence-corrected chi connectivity index (χ1v) is 8.56. The standard InChI is InChI=1S/C20H23N3O/c1-14-7-9-15(10-8-14)20(11-5-12-20)18-22-21-17-16(19(2,3)24)6-4-13-23(17)18/h4,6-10,13,24H,5,11-12H2,1-3H3. The van der Waals surface area contributed by atoms with E-state index in [-0.39, 0.29) is 5.41 Å². The highest BCUT2D eigenvalue weighted by molar-refractivity contribution is 5.52. The molecule has 2 aromatic heterocycles. The zero-order chi connectivity index (χ0) is 16.9. The summed E-state index contributed by atoms with van der Waals surface area (Å²) in [4.78, 5) is 0. The van der Waals surface area contributed by atoms with E-state index in [0.717, 1.165) is 29.9 Å². The third-order valence-electron chi connectivity index (χ3n) is 5.33. The van der Waals surface area contributed by atoms with Crippen molar-refractivity contribution in [2.75, 3.05) is 0 Å². The number of hydrogen-bond donors (Lipinski definition) is 1. The minimum absolute atomic E-state index is 0.0641. The van der Waals surface area contributed by atoms with E-state index in [2.05, 4.69) is 45.8 Å². The van der Waals surface area contributed by atoms with Crippen LogP contribution >= 0.6 is 0 Å². The molecule has 124 valence electrons. The van der Waals surface area contributed by atoms with Gasteiger partial charge < -0.3 is 5.11 Å². The summed E-state index contributed by atoms with van der Waals surface area (Å²) in [5, 5.41) is 19.4. The molecule has 0 radical (unpaired) electrons. The first-order chi connectivity index (χ1) is 11.4. The maximum absolute atomic E-state index is 10.4. The van der Waals surface area contributed by atoms with Crippen LogP contribution in [0.3, 0.4) is 0 Å². The molecule has 0 unspecified atom stereocenters. The minimum Gasteiger partial charge on any atom is -0.386 e. The maximum atomic E-state index is 10.4. The third kappa shape index (κ3) is 2.17. The molecule has 4 heteroatoms. The number of hydrogen-bond acceptors (Lipinski definition) is 3. The number of benzene rings is 1. The lowest BCUT2D eigenvalue weighted by Crippen LogP contribution is -2.37. The summed E-state index contributed by atoms with van der Waals surface area (Å²) >= 11 is 0. The van der Waals surface area contributed by atoms with Crippen molar-refractivity contribution in [2.24, 2.45) is 0 Å². The molecule has 0 aliphatic heterocycles. The molecular formula is C20H23N3O. The van der Waals surface area contributed by atoms with Gasteiger partial charge in [0.2, 0.25) is 0 Å². The van der Waals surface area contributed by atoms with Crippen molar-refractivity contribution >= 4 is 5.65 Å². The van der Waals surface area contributed by atoms with E-state index in [9.17, 15) is 5.11 Å². The van der Waals surface area contributed by atoms with Crippen molar-refractivity contribution in [3.63, 3.8) is 0 Å². The van der Waals surface area contributed by atoms with Crippen molar-refractivity contribution in [1.29, 1.82) is 0 Å². The van der Waals surface area contributed by atoms with Gasteiger partial charge in [-0.05, 0) is 45.2 Å². The molecule has 1 fully saturated rings. The summed E-state index contributed by atoms with van der Waals surface area (Å²) in [6, 6.07) is 12.7. The fourth-order valence-corrected chi connectivity index (χ4v) is 3.76. The first kappa shape index (κ1) is 15.3. The van der Waals surface area contributed by atoms with E-state index in [1.165, 1.54) is 17.5 Å². The molecule has 24 heavy (non-hydrogen) atoms. The molecule has 1 aliphatic rings. The van der Waals surface area contributed by atoms with E-state index in [1.54, 1.807) is 13.8 Å². The average molecular weight is 321 g/mol. The van der Waals surface area contributed by atoms with Gasteiger partial charge in [-0.1, -0.05) is 42.3 Å². The number of aromatic nitrogens is 3. The van der Waals surface area contributed by atoms with E-state index in [4.69, 9.17) is 0 Å². The monoisotopic (exact) mass is 321 g/mol. The molecule has 1 N–H and O–H groups in total. The molecule has 1 aromatic carbocycles. The lowest BCUT2D eigenvalue weighted by Gasteiger charge is -2.41. The second-order valence-electron chi connectivity index (χ2n) is 7.50. The molecule has 1 aliphatic carbocycles. The number of aryl methyl sites for hydroxylation is 1. The molecular weight excluding hydrogens is 298 g/mol. The number of pyridine rings is 1. The average Bonchev–Trinajstić information content (AvgIpc) is 2.91. The van der Waals surface area contributed by atoms with Gasteiger partial charge in [0.05, 0.1) is 11.0 Å². The SMILES string of the molecule is Cc1ccc(C2(c3nnc4c(C(C)(C)O)cccn34)CCC2)cc1. The quantitative estimate of drug-likeness (QED) is 0.799. The van der Waals surface area contributed by atoms with Crippen molar-refractivity contribution in [1.82, 2.24) is 14.6 Å². The van der Waals surface area contributed by atoms with Gasteiger partial charge in [0.1, 0.15) is 5.82 Å². The smallest absolute Gasteiger partial charge is 0.166 e. The Hall–Kier alpha value is -2.20. The van der Waals surface area contributed by atoms with Crippen LogP contribution in [0.15, 0.2) is 42.6 Å². The molecule has 0 atom stereocenters. The van der Waals surface area contributed by atoms with Crippen LogP contribution in [-0.4, -0.2) is 19.7 Å². The molecule has 1 saturated carbocycles.